The minimum absolute atomic E-state index is 0.534. The highest BCUT2D eigenvalue weighted by Crippen LogP contribution is 2.43. The summed E-state index contributed by atoms with van der Waals surface area (Å²) in [5.74, 6) is 1.24. The van der Waals surface area contributed by atoms with E-state index in [1.807, 2.05) is 17.8 Å². The molecule has 1 aliphatic heterocycles. The third-order valence-corrected chi connectivity index (χ3v) is 5.02. The molecule has 1 aromatic rings. The van der Waals surface area contributed by atoms with Gasteiger partial charge in [0.2, 0.25) is 0 Å². The summed E-state index contributed by atoms with van der Waals surface area (Å²) < 4.78 is 0. The van der Waals surface area contributed by atoms with Crippen molar-refractivity contribution in [2.45, 2.75) is 25.7 Å². The Labute approximate surface area is 107 Å². The molecule has 0 amide bonds. The van der Waals surface area contributed by atoms with Crippen molar-refractivity contribution in [2.75, 3.05) is 17.6 Å². The number of nitrogens with zero attached hydrogens (tertiary/aromatic N) is 1. The molecule has 2 aliphatic rings. The summed E-state index contributed by atoms with van der Waals surface area (Å²) in [6, 6.07) is 10.3. The molecule has 0 radical (unpaired) electrons. The second-order valence-corrected chi connectivity index (χ2v) is 6.07. The van der Waals surface area contributed by atoms with E-state index in [-0.39, 0.29) is 0 Å². The Morgan fingerprint density at radius 2 is 1.88 bits per heavy atom. The molecule has 1 aliphatic carbocycles. The van der Waals surface area contributed by atoms with Crippen LogP contribution in [0.4, 0.5) is 5.69 Å². The third kappa shape index (κ3) is 2.49. The fourth-order valence-corrected chi connectivity index (χ4v) is 3.87. The van der Waals surface area contributed by atoms with Crippen LogP contribution in [0.2, 0.25) is 0 Å². The zero-order chi connectivity index (χ0) is 11.6. The monoisotopic (exact) mass is 246 g/mol. The van der Waals surface area contributed by atoms with E-state index < -0.39 is 0 Å². The van der Waals surface area contributed by atoms with Crippen molar-refractivity contribution in [3.8, 4) is 0 Å². The maximum absolute atomic E-state index is 4.73. The van der Waals surface area contributed by atoms with Gasteiger partial charge in [-0.05, 0) is 30.4 Å². The second-order valence-electron chi connectivity index (χ2n) is 5.11. The maximum atomic E-state index is 4.73. The predicted octanol–water partition coefficient (Wildman–Crippen LogP) is 3.76. The first-order valence-corrected chi connectivity index (χ1v) is 7.34. The molecule has 90 valence electrons. The Morgan fingerprint density at radius 1 is 1.12 bits per heavy atom. The first kappa shape index (κ1) is 11.1. The molecule has 2 nitrogen and oxygen atoms in total. The van der Waals surface area contributed by atoms with Gasteiger partial charge < -0.3 is 5.32 Å². The average molecular weight is 246 g/mol. The number of hydrogen-bond donors (Lipinski definition) is 1. The first-order valence-electron chi connectivity index (χ1n) is 6.36. The van der Waals surface area contributed by atoms with Gasteiger partial charge in [-0.25, -0.2) is 0 Å². The zero-order valence-corrected chi connectivity index (χ0v) is 10.8. The van der Waals surface area contributed by atoms with Crippen LogP contribution >= 0.6 is 11.8 Å². The van der Waals surface area contributed by atoms with Crippen LogP contribution in [0.5, 0.6) is 0 Å². The average Bonchev–Trinajstić information content (AvgIpc) is 2.83. The van der Waals surface area contributed by atoms with Gasteiger partial charge in [0.25, 0.3) is 0 Å². The predicted molar refractivity (Wildman–Crippen MR) is 75.7 cm³/mol. The summed E-state index contributed by atoms with van der Waals surface area (Å²) in [6.45, 7) is 1.02. The Balaban J connectivity index is 1.65. The molecule has 0 saturated heterocycles. The number of aliphatic imine (C=N–C) groups is 1. The summed E-state index contributed by atoms with van der Waals surface area (Å²) in [6.07, 6.45) is 5.55. The number of rotatable bonds is 1. The molecule has 17 heavy (non-hydrogen) atoms. The fraction of sp³-hybridized carbons (Fsp3) is 0.500. The normalized spacial score (nSPS) is 22.5. The van der Waals surface area contributed by atoms with Crippen LogP contribution in [0.3, 0.4) is 0 Å². The van der Waals surface area contributed by atoms with E-state index in [4.69, 9.17) is 4.99 Å². The SMILES string of the molecule is c1ccc(NC2=NCC3(CCCC3)CS2)cc1. The van der Waals surface area contributed by atoms with Crippen molar-refractivity contribution in [2.24, 2.45) is 10.4 Å². The van der Waals surface area contributed by atoms with Gasteiger partial charge in [0.1, 0.15) is 0 Å². The quantitative estimate of drug-likeness (QED) is 0.816. The Bertz CT molecular complexity index is 407. The van der Waals surface area contributed by atoms with Crippen LogP contribution in [0.25, 0.3) is 0 Å². The van der Waals surface area contributed by atoms with Gasteiger partial charge in [-0.3, -0.25) is 4.99 Å². The Morgan fingerprint density at radius 3 is 2.53 bits per heavy atom. The molecule has 3 heteroatoms. The minimum atomic E-state index is 0.534. The van der Waals surface area contributed by atoms with Gasteiger partial charge in [0.05, 0.1) is 0 Å². The second kappa shape index (κ2) is 4.73. The Kier molecular flexibility index (Phi) is 3.10. The molecular weight excluding hydrogens is 228 g/mol. The van der Waals surface area contributed by atoms with E-state index in [1.165, 1.54) is 31.4 Å². The molecule has 1 aromatic carbocycles. The number of hydrogen-bond acceptors (Lipinski definition) is 3. The highest BCUT2D eigenvalue weighted by atomic mass is 32.2. The molecule has 0 atom stereocenters. The van der Waals surface area contributed by atoms with E-state index in [0.29, 0.717) is 5.41 Å². The van der Waals surface area contributed by atoms with Crippen LogP contribution in [-0.2, 0) is 0 Å². The highest BCUT2D eigenvalue weighted by molar-refractivity contribution is 8.14. The van der Waals surface area contributed by atoms with Gasteiger partial charge in [-0.1, -0.05) is 42.8 Å². The van der Waals surface area contributed by atoms with Crippen molar-refractivity contribution < 1.29 is 0 Å². The number of anilines is 1. The topological polar surface area (TPSA) is 24.4 Å². The van der Waals surface area contributed by atoms with Gasteiger partial charge in [-0.2, -0.15) is 0 Å². The van der Waals surface area contributed by atoms with E-state index in [0.717, 1.165) is 17.4 Å². The summed E-state index contributed by atoms with van der Waals surface area (Å²) in [4.78, 5) is 4.73. The van der Waals surface area contributed by atoms with Crippen molar-refractivity contribution in [1.29, 1.82) is 0 Å². The number of nitrogens with one attached hydrogen (secondary N) is 1. The lowest BCUT2D eigenvalue weighted by atomic mass is 9.89. The molecular formula is C14H18N2S. The lowest BCUT2D eigenvalue weighted by molar-refractivity contribution is 0.359. The molecule has 0 unspecified atom stereocenters. The molecule has 1 fully saturated rings. The van der Waals surface area contributed by atoms with Gasteiger partial charge >= 0.3 is 0 Å². The molecule has 0 aromatic heterocycles. The molecule has 1 N–H and O–H groups in total. The zero-order valence-electron chi connectivity index (χ0n) is 9.98. The Hall–Kier alpha value is -0.960. The van der Waals surface area contributed by atoms with E-state index >= 15 is 0 Å². The van der Waals surface area contributed by atoms with E-state index in [2.05, 4.69) is 29.6 Å². The summed E-state index contributed by atoms with van der Waals surface area (Å²) in [5.41, 5.74) is 1.67. The van der Waals surface area contributed by atoms with Crippen molar-refractivity contribution in [3.05, 3.63) is 30.3 Å². The number of thioether (sulfide) groups is 1. The lowest BCUT2D eigenvalue weighted by Gasteiger charge is -2.31. The van der Waals surface area contributed by atoms with Crippen LogP contribution in [0, 0.1) is 5.41 Å². The number of para-hydroxylation sites is 1. The van der Waals surface area contributed by atoms with Gasteiger partial charge in [0, 0.05) is 18.0 Å². The molecule has 0 bridgehead atoms. The largest absolute Gasteiger partial charge is 0.335 e. The fourth-order valence-electron chi connectivity index (χ4n) is 2.70. The van der Waals surface area contributed by atoms with E-state index in [9.17, 15) is 0 Å². The van der Waals surface area contributed by atoms with Crippen molar-refractivity contribution in [1.82, 2.24) is 0 Å². The molecule has 3 rings (SSSR count). The first-order chi connectivity index (χ1) is 8.36. The smallest absolute Gasteiger partial charge is 0.161 e. The van der Waals surface area contributed by atoms with Crippen molar-refractivity contribution in [3.63, 3.8) is 0 Å². The van der Waals surface area contributed by atoms with Crippen LogP contribution in [-0.4, -0.2) is 17.5 Å². The standard InChI is InChI=1S/C14H18N2S/c1-2-6-12(7-3-1)16-13-15-10-14(11-17-13)8-4-5-9-14/h1-3,6-7H,4-5,8-11H2,(H,15,16). The van der Waals surface area contributed by atoms with Crippen LogP contribution < -0.4 is 5.32 Å². The molecule has 1 heterocycles. The summed E-state index contributed by atoms with van der Waals surface area (Å²) >= 11 is 1.89. The van der Waals surface area contributed by atoms with Crippen molar-refractivity contribution >= 4 is 22.6 Å². The number of benzene rings is 1. The van der Waals surface area contributed by atoms with E-state index in [1.54, 1.807) is 0 Å². The highest BCUT2D eigenvalue weighted by Gasteiger charge is 2.36. The molecule has 1 saturated carbocycles. The third-order valence-electron chi connectivity index (χ3n) is 3.76. The summed E-state index contributed by atoms with van der Waals surface area (Å²) in [7, 11) is 0. The lowest BCUT2D eigenvalue weighted by Crippen LogP contribution is -2.30. The van der Waals surface area contributed by atoms with Gasteiger partial charge in [-0.15, -0.1) is 0 Å². The molecule has 1 spiro atoms. The van der Waals surface area contributed by atoms with Crippen LogP contribution in [0.1, 0.15) is 25.7 Å². The number of amidine groups is 1. The minimum Gasteiger partial charge on any atom is -0.335 e. The maximum Gasteiger partial charge on any atom is 0.161 e. The van der Waals surface area contributed by atoms with Gasteiger partial charge in [0.15, 0.2) is 5.17 Å². The van der Waals surface area contributed by atoms with Crippen LogP contribution in [0.15, 0.2) is 35.3 Å². The summed E-state index contributed by atoms with van der Waals surface area (Å²) in [5, 5.41) is 4.49.